The molecule has 0 saturated carbocycles. The predicted molar refractivity (Wildman–Crippen MR) is 459 cm³/mol. The minimum Gasteiger partial charge on any atom is -0.461 e. The van der Waals surface area contributed by atoms with Crippen molar-refractivity contribution in [3.05, 3.63) is 157 Å². The average molecular weight is 1640 g/mol. The molecule has 0 bridgehead atoms. The summed E-state index contributed by atoms with van der Waals surface area (Å²) in [6, 6.07) is 32.6. The number of aromatic amines is 4. The molecule has 5 aromatic carbocycles. The van der Waals surface area contributed by atoms with Crippen LogP contribution in [0.1, 0.15) is 177 Å². The molecule has 8 atom stereocenters. The Labute approximate surface area is 700 Å². The van der Waals surface area contributed by atoms with Crippen molar-refractivity contribution in [2.45, 2.75) is 201 Å². The first-order valence-electron chi connectivity index (χ1n) is 41.9. The van der Waals surface area contributed by atoms with Gasteiger partial charge in [-0.1, -0.05) is 153 Å². The number of fused-ring (bicyclic) bond motifs is 2. The van der Waals surface area contributed by atoms with Gasteiger partial charge in [0.25, 0.3) is 0 Å². The number of carbonyl (C=O) groups excluding carboxylic acids is 8. The molecule has 0 aliphatic carbocycles. The number of imidazole rings is 4. The number of amides is 8. The number of aryl methyl sites for hydroxylation is 1. The van der Waals surface area contributed by atoms with E-state index in [0.29, 0.717) is 56.5 Å². The highest BCUT2D eigenvalue weighted by Crippen LogP contribution is 2.46. The number of ether oxygens (including phenoxy) is 3. The summed E-state index contributed by atoms with van der Waals surface area (Å²) in [4.78, 5) is 145. The van der Waals surface area contributed by atoms with Crippen molar-refractivity contribution in [1.82, 2.24) is 80.7 Å². The van der Waals surface area contributed by atoms with Gasteiger partial charge in [-0.2, -0.15) is 0 Å². The summed E-state index contributed by atoms with van der Waals surface area (Å²) in [5.41, 5.74) is 9.30. The third kappa shape index (κ3) is 16.6. The molecule has 28 heteroatoms. The Morgan fingerprint density at radius 2 is 0.692 bits per heavy atom. The fourth-order valence-corrected chi connectivity index (χ4v) is 17.9. The first-order chi connectivity index (χ1) is 57.3. The first-order valence-corrected chi connectivity index (χ1v) is 41.9. The summed E-state index contributed by atoms with van der Waals surface area (Å²) in [5.74, 6) is 2.42. The van der Waals surface area contributed by atoms with E-state index in [0.717, 1.165) is 146 Å². The number of aromatic nitrogens is 8. The lowest BCUT2D eigenvalue weighted by Gasteiger charge is -2.37. The topological polar surface area (TPSA) is 353 Å². The van der Waals surface area contributed by atoms with Gasteiger partial charge in [-0.3, -0.25) is 24.0 Å². The monoisotopic (exact) mass is 1630 g/mol. The van der Waals surface area contributed by atoms with Gasteiger partial charge in [0.15, 0.2) is 0 Å². The zero-order chi connectivity index (χ0) is 86.0. The minimum atomic E-state index is -0.737. The Hall–Kier alpha value is -12.1. The Morgan fingerprint density at radius 3 is 1.03 bits per heavy atom. The molecule has 5 aromatic heterocycles. The van der Waals surface area contributed by atoms with Crippen LogP contribution in [0.15, 0.2) is 132 Å². The lowest BCUT2D eigenvalue weighted by atomic mass is 9.93. The summed E-state index contributed by atoms with van der Waals surface area (Å²) >= 11 is 0. The van der Waals surface area contributed by atoms with Crippen LogP contribution in [-0.2, 0) is 60.3 Å². The molecule has 0 spiro atoms. The van der Waals surface area contributed by atoms with Crippen LogP contribution in [0.5, 0.6) is 0 Å². The molecule has 14 rings (SSSR count). The number of rotatable bonds is 23. The van der Waals surface area contributed by atoms with Crippen LogP contribution < -0.4 is 21.3 Å². The summed E-state index contributed by atoms with van der Waals surface area (Å²) in [7, 11) is 3.87. The van der Waals surface area contributed by atoms with Gasteiger partial charge < -0.3 is 79.4 Å². The molecule has 4 aliphatic heterocycles. The van der Waals surface area contributed by atoms with Crippen LogP contribution >= 0.6 is 0 Å². The SMILES string of the molecule is CCC(=O)N[C@H](C(=O)N1CCC[C@@]1(C)c1ncc(-c2ccc(-c3ccc(-c4cnc([C@]5(C)CCCN5C(=O)[C@@H](NC(=O)OC)C(C)C)[nH]4)c4ccccc34)cc2)[nH]1)C(C)C.COC(=O)N[C@H](C(=O)N1CCC[C@@]1(C)c1ncc(-c2ccc(-c3ccc(-c4cnc([C@]5(C)CCCN5C(=O)[C@@H](NC(=O)OC)C(C)C)[nH]4)c4oc(C)cc34)cc2)[nH]1)C(C)C. The molecule has 0 radical (unpaired) electrons. The van der Waals surface area contributed by atoms with Crippen LogP contribution in [0.3, 0.4) is 0 Å². The fraction of sp³-hybridized carbons (Fsp3) is 0.457. The number of hydrogen-bond donors (Lipinski definition) is 8. The largest absolute Gasteiger partial charge is 0.461 e. The first kappa shape index (κ1) is 85.8. The van der Waals surface area contributed by atoms with Gasteiger partial charge in [0.1, 0.15) is 58.8 Å². The van der Waals surface area contributed by atoms with Gasteiger partial charge in [-0.05, 0) is 166 Å². The van der Waals surface area contributed by atoms with E-state index in [2.05, 4.69) is 127 Å². The number of carbonyl (C=O) groups is 8. The zero-order valence-electron chi connectivity index (χ0n) is 71.9. The number of alkyl carbamates (subject to hydrolysis) is 3. The molecular formula is C92H114N16O12. The van der Waals surface area contributed by atoms with Crippen molar-refractivity contribution in [2.75, 3.05) is 47.5 Å². The van der Waals surface area contributed by atoms with E-state index in [-0.39, 0.29) is 53.2 Å². The summed E-state index contributed by atoms with van der Waals surface area (Å²) in [6.45, 7) is 29.5. The standard InChI is InChI=1S/C47H58N8O5.C45H56N8O7/c1-9-38(56)52-39(28(2)3)41(57)54-24-12-22-46(54,6)43-48-26-36(50-43)31-18-16-30(17-19-31)32-20-21-35(34-15-11-10-14-33(32)34)37-27-49-44(51-37)47(7)23-13-25-55(47)42(58)40(29(4)5)53-45(59)60-8;1-25(2)35(50-42(56)58-8)38(54)52-20-10-18-44(52,6)40-46-23-33(48-40)29-14-12-28(13-15-29)30-16-17-31(37-32(30)22-27(5)60-37)34-24-47-41(49-34)45(7)19-11-21-53(45)39(55)36(26(3)4)51-43(57)59-9/h10-11,14-21,26-29,39-40H,9,12-13,22-25H2,1-8H3,(H,48,50)(H,49,51)(H,52,56)(H,53,59);12-17,22-26,35-36H,10-11,18-21H2,1-9H3,(H,46,48)(H,47,49)(H,50,56)(H,51,57)/t39-,40-,46-,47-;35-,36-,44-,45-/m00/s1. The highest BCUT2D eigenvalue weighted by Gasteiger charge is 2.51. The number of benzene rings is 5. The highest BCUT2D eigenvalue weighted by molar-refractivity contribution is 6.05. The lowest BCUT2D eigenvalue weighted by Crippen LogP contribution is -2.55. The van der Waals surface area contributed by atoms with E-state index in [1.807, 2.05) is 139 Å². The van der Waals surface area contributed by atoms with Crippen LogP contribution in [0, 0.1) is 30.6 Å². The van der Waals surface area contributed by atoms with Crippen molar-refractivity contribution in [3.8, 4) is 67.3 Å². The molecule has 8 N–H and O–H groups in total. The van der Waals surface area contributed by atoms with Crippen LogP contribution in [0.2, 0.25) is 0 Å². The average Bonchev–Trinajstić information content (AvgIpc) is 1.59. The van der Waals surface area contributed by atoms with Crippen LogP contribution in [0.25, 0.3) is 89.0 Å². The molecule has 8 amide bonds. The van der Waals surface area contributed by atoms with Gasteiger partial charge >= 0.3 is 18.3 Å². The molecule has 4 fully saturated rings. The van der Waals surface area contributed by atoms with E-state index in [1.165, 1.54) is 21.3 Å². The minimum absolute atomic E-state index is 0.0479. The third-order valence-electron chi connectivity index (χ3n) is 25.0. The lowest BCUT2D eigenvalue weighted by molar-refractivity contribution is -0.141. The Morgan fingerprint density at radius 1 is 0.400 bits per heavy atom. The third-order valence-corrected chi connectivity index (χ3v) is 25.0. The number of furan rings is 1. The predicted octanol–water partition coefficient (Wildman–Crippen LogP) is 15.5. The van der Waals surface area contributed by atoms with E-state index in [9.17, 15) is 38.4 Å². The Balaban J connectivity index is 0.000000207. The number of likely N-dealkylation sites (tertiary alicyclic amines) is 4. The van der Waals surface area contributed by atoms with Gasteiger partial charge in [-0.15, -0.1) is 0 Å². The number of methoxy groups -OCH3 is 3. The van der Waals surface area contributed by atoms with E-state index in [4.69, 9.17) is 38.6 Å². The number of H-pyrrole nitrogens is 4. The zero-order valence-corrected chi connectivity index (χ0v) is 71.9. The molecule has 0 unspecified atom stereocenters. The summed E-state index contributed by atoms with van der Waals surface area (Å²) < 4.78 is 20.8. The Kier molecular flexibility index (Phi) is 25.1. The maximum absolute atomic E-state index is 13.9. The second-order valence-corrected chi connectivity index (χ2v) is 34.4. The second kappa shape index (κ2) is 35.1. The van der Waals surface area contributed by atoms with E-state index in [1.54, 1.807) is 19.3 Å². The molecule has 10 aromatic rings. The van der Waals surface area contributed by atoms with Crippen molar-refractivity contribution >= 4 is 69.6 Å². The van der Waals surface area contributed by atoms with Gasteiger partial charge in [0, 0.05) is 49.1 Å². The quantitative estimate of drug-likeness (QED) is 0.0276. The van der Waals surface area contributed by atoms with Crippen molar-refractivity contribution in [3.63, 3.8) is 0 Å². The summed E-state index contributed by atoms with van der Waals surface area (Å²) in [5, 5.41) is 14.2. The number of nitrogens with zero attached hydrogens (tertiary/aromatic N) is 8. The maximum Gasteiger partial charge on any atom is 0.407 e. The van der Waals surface area contributed by atoms with Gasteiger partial charge in [0.2, 0.25) is 29.5 Å². The van der Waals surface area contributed by atoms with Crippen molar-refractivity contribution < 1.29 is 57.0 Å². The van der Waals surface area contributed by atoms with Crippen LogP contribution in [0.4, 0.5) is 14.4 Å². The fourth-order valence-electron chi connectivity index (χ4n) is 17.9. The molecule has 120 heavy (non-hydrogen) atoms. The number of nitrogens with one attached hydrogen (secondary N) is 8. The van der Waals surface area contributed by atoms with Gasteiger partial charge in [0.05, 0.1) is 91.0 Å². The van der Waals surface area contributed by atoms with Crippen molar-refractivity contribution in [2.24, 2.45) is 23.7 Å². The maximum atomic E-state index is 13.9. The smallest absolute Gasteiger partial charge is 0.407 e. The molecule has 634 valence electrons. The van der Waals surface area contributed by atoms with Crippen molar-refractivity contribution in [1.29, 1.82) is 0 Å². The summed E-state index contributed by atoms with van der Waals surface area (Å²) in [6.07, 6.45) is 11.9. The molecular weight excluding hydrogens is 1520 g/mol. The van der Waals surface area contributed by atoms with E-state index < -0.39 is 64.6 Å². The normalized spacial score (nSPS) is 20.2. The van der Waals surface area contributed by atoms with Crippen LogP contribution in [-0.4, -0.2) is 179 Å². The van der Waals surface area contributed by atoms with E-state index >= 15 is 0 Å². The highest BCUT2D eigenvalue weighted by atomic mass is 16.5. The van der Waals surface area contributed by atoms with Gasteiger partial charge in [-0.25, -0.2) is 34.3 Å². The molecule has 9 heterocycles. The number of hydrogen-bond acceptors (Lipinski definition) is 16. The molecule has 28 nitrogen and oxygen atoms in total. The Bertz CT molecular complexity index is 5440. The molecule has 4 saturated heterocycles. The molecule has 4 aliphatic rings. The second-order valence-electron chi connectivity index (χ2n) is 34.4.